The van der Waals surface area contributed by atoms with E-state index in [0.717, 1.165) is 32.4 Å². The molecule has 1 N–H and O–H groups in total. The average Bonchev–Trinajstić information content (AvgIpc) is 2.33. The van der Waals surface area contributed by atoms with Gasteiger partial charge in [-0.25, -0.2) is 0 Å². The molecule has 0 saturated carbocycles. The van der Waals surface area contributed by atoms with E-state index in [1.54, 1.807) is 0 Å². The molecule has 1 rings (SSSR count). The number of halogens is 3. The molecule has 0 aromatic rings. The standard InChI is InChI=1S/C12H21F3N2O/c1-17(9-6-12(13,14)15)11(18)3-2-10-4-7-16-8-5-10/h10,16H,2-9H2,1H3. The largest absolute Gasteiger partial charge is 0.390 e. The number of nitrogens with zero attached hydrogens (tertiary/aromatic N) is 1. The van der Waals surface area contributed by atoms with Crippen molar-refractivity contribution < 1.29 is 18.0 Å². The van der Waals surface area contributed by atoms with E-state index >= 15 is 0 Å². The maximum absolute atomic E-state index is 12.0. The van der Waals surface area contributed by atoms with Gasteiger partial charge < -0.3 is 10.2 Å². The molecular formula is C12H21F3N2O. The van der Waals surface area contributed by atoms with Gasteiger partial charge in [0.15, 0.2) is 0 Å². The van der Waals surface area contributed by atoms with Crippen molar-refractivity contribution in [2.75, 3.05) is 26.7 Å². The van der Waals surface area contributed by atoms with E-state index in [4.69, 9.17) is 0 Å². The first kappa shape index (κ1) is 15.3. The molecule has 0 bridgehead atoms. The number of carbonyl (C=O) groups is 1. The SMILES string of the molecule is CN(CCC(F)(F)F)C(=O)CCC1CCNCC1. The first-order valence-electron chi connectivity index (χ1n) is 6.40. The number of amides is 1. The summed E-state index contributed by atoms with van der Waals surface area (Å²) in [6, 6.07) is 0. The summed E-state index contributed by atoms with van der Waals surface area (Å²) >= 11 is 0. The number of carbonyl (C=O) groups excluding carboxylic acids is 1. The quantitative estimate of drug-likeness (QED) is 0.827. The fourth-order valence-corrected chi connectivity index (χ4v) is 2.11. The average molecular weight is 266 g/mol. The fraction of sp³-hybridized carbons (Fsp3) is 0.917. The maximum Gasteiger partial charge on any atom is 0.390 e. The van der Waals surface area contributed by atoms with Crippen molar-refractivity contribution in [3.05, 3.63) is 0 Å². The molecule has 0 unspecified atom stereocenters. The van der Waals surface area contributed by atoms with Gasteiger partial charge in [-0.05, 0) is 38.3 Å². The van der Waals surface area contributed by atoms with Crippen molar-refractivity contribution in [3.8, 4) is 0 Å². The van der Waals surface area contributed by atoms with Crippen molar-refractivity contribution in [2.24, 2.45) is 5.92 Å². The van der Waals surface area contributed by atoms with E-state index in [1.165, 1.54) is 11.9 Å². The Morgan fingerprint density at radius 2 is 1.94 bits per heavy atom. The zero-order valence-corrected chi connectivity index (χ0v) is 10.7. The van der Waals surface area contributed by atoms with Gasteiger partial charge in [0.1, 0.15) is 0 Å². The molecule has 0 atom stereocenters. The van der Waals surface area contributed by atoms with Gasteiger partial charge in [0.05, 0.1) is 6.42 Å². The lowest BCUT2D eigenvalue weighted by Crippen LogP contribution is -2.32. The van der Waals surface area contributed by atoms with Gasteiger partial charge >= 0.3 is 6.18 Å². The Morgan fingerprint density at radius 1 is 1.33 bits per heavy atom. The predicted molar refractivity (Wildman–Crippen MR) is 63.1 cm³/mol. The second-order valence-electron chi connectivity index (χ2n) is 4.91. The second-order valence-corrected chi connectivity index (χ2v) is 4.91. The van der Waals surface area contributed by atoms with Crippen molar-refractivity contribution in [1.82, 2.24) is 10.2 Å². The lowest BCUT2D eigenvalue weighted by molar-refractivity contribution is -0.144. The van der Waals surface area contributed by atoms with Gasteiger partial charge in [-0.15, -0.1) is 0 Å². The molecule has 1 heterocycles. The van der Waals surface area contributed by atoms with E-state index in [9.17, 15) is 18.0 Å². The third-order valence-electron chi connectivity index (χ3n) is 3.38. The minimum Gasteiger partial charge on any atom is -0.345 e. The van der Waals surface area contributed by atoms with Gasteiger partial charge in [0, 0.05) is 20.0 Å². The third-order valence-corrected chi connectivity index (χ3v) is 3.38. The number of nitrogens with one attached hydrogen (secondary N) is 1. The number of hydrogen-bond acceptors (Lipinski definition) is 2. The molecule has 1 aliphatic heterocycles. The van der Waals surface area contributed by atoms with Crippen molar-refractivity contribution in [1.29, 1.82) is 0 Å². The topological polar surface area (TPSA) is 32.3 Å². The first-order valence-corrected chi connectivity index (χ1v) is 6.40. The summed E-state index contributed by atoms with van der Waals surface area (Å²) in [5.74, 6) is 0.351. The molecule has 3 nitrogen and oxygen atoms in total. The molecule has 0 radical (unpaired) electrons. The van der Waals surface area contributed by atoms with Gasteiger partial charge in [-0.2, -0.15) is 13.2 Å². The van der Waals surface area contributed by atoms with Crippen LogP contribution in [0.15, 0.2) is 0 Å². The second kappa shape index (κ2) is 6.97. The van der Waals surface area contributed by atoms with Crippen LogP contribution in [-0.4, -0.2) is 43.7 Å². The monoisotopic (exact) mass is 266 g/mol. The predicted octanol–water partition coefficient (Wildman–Crippen LogP) is 2.18. The highest BCUT2D eigenvalue weighted by Gasteiger charge is 2.28. The summed E-state index contributed by atoms with van der Waals surface area (Å²) in [6.07, 6.45) is -1.86. The van der Waals surface area contributed by atoms with Crippen LogP contribution in [0.2, 0.25) is 0 Å². The van der Waals surface area contributed by atoms with Crippen LogP contribution < -0.4 is 5.32 Å². The maximum atomic E-state index is 12.0. The van der Waals surface area contributed by atoms with Crippen molar-refractivity contribution >= 4 is 5.91 Å². The molecule has 0 aromatic heterocycles. The molecule has 0 aliphatic carbocycles. The van der Waals surface area contributed by atoms with Gasteiger partial charge in [0.2, 0.25) is 5.91 Å². The summed E-state index contributed by atoms with van der Waals surface area (Å²) in [6.45, 7) is 1.71. The lowest BCUT2D eigenvalue weighted by atomic mass is 9.93. The highest BCUT2D eigenvalue weighted by molar-refractivity contribution is 5.75. The minimum atomic E-state index is -4.19. The summed E-state index contributed by atoms with van der Waals surface area (Å²) < 4.78 is 36.0. The van der Waals surface area contributed by atoms with E-state index in [1.807, 2.05) is 0 Å². The summed E-state index contributed by atoms with van der Waals surface area (Å²) in [5.41, 5.74) is 0. The molecule has 1 aliphatic rings. The highest BCUT2D eigenvalue weighted by atomic mass is 19.4. The van der Waals surface area contributed by atoms with E-state index < -0.39 is 12.6 Å². The zero-order valence-electron chi connectivity index (χ0n) is 10.7. The van der Waals surface area contributed by atoms with Crippen LogP contribution in [0.4, 0.5) is 13.2 Å². The molecule has 6 heteroatoms. The normalized spacial score (nSPS) is 17.8. The van der Waals surface area contributed by atoms with E-state index in [-0.39, 0.29) is 12.5 Å². The van der Waals surface area contributed by atoms with Crippen molar-refractivity contribution in [2.45, 2.75) is 38.3 Å². The number of rotatable bonds is 5. The van der Waals surface area contributed by atoms with Crippen molar-refractivity contribution in [3.63, 3.8) is 0 Å². The zero-order chi connectivity index (χ0) is 13.6. The Kier molecular flexibility index (Phi) is 5.91. The van der Waals surface area contributed by atoms with E-state index in [0.29, 0.717) is 12.3 Å². The van der Waals surface area contributed by atoms with Crippen LogP contribution in [0.3, 0.4) is 0 Å². The molecule has 1 saturated heterocycles. The molecule has 0 spiro atoms. The fourth-order valence-electron chi connectivity index (χ4n) is 2.11. The number of piperidine rings is 1. The van der Waals surface area contributed by atoms with Crippen LogP contribution in [0.25, 0.3) is 0 Å². The van der Waals surface area contributed by atoms with Gasteiger partial charge in [0.25, 0.3) is 0 Å². The minimum absolute atomic E-state index is 0.183. The van der Waals surface area contributed by atoms with Crippen LogP contribution >= 0.6 is 0 Å². The summed E-state index contributed by atoms with van der Waals surface area (Å²) in [7, 11) is 1.44. The Balaban J connectivity index is 2.18. The summed E-state index contributed by atoms with van der Waals surface area (Å²) in [5, 5.41) is 3.24. The van der Waals surface area contributed by atoms with Gasteiger partial charge in [-0.1, -0.05) is 0 Å². The van der Waals surface area contributed by atoms with E-state index in [2.05, 4.69) is 5.32 Å². The third kappa shape index (κ3) is 6.23. The summed E-state index contributed by atoms with van der Waals surface area (Å²) in [4.78, 5) is 12.8. The molecule has 1 amide bonds. The highest BCUT2D eigenvalue weighted by Crippen LogP contribution is 2.21. The lowest BCUT2D eigenvalue weighted by Gasteiger charge is -2.23. The number of hydrogen-bond donors (Lipinski definition) is 1. The number of alkyl halides is 3. The molecule has 18 heavy (non-hydrogen) atoms. The Labute approximate surface area is 106 Å². The first-order chi connectivity index (χ1) is 8.38. The Morgan fingerprint density at radius 3 is 2.50 bits per heavy atom. The smallest absolute Gasteiger partial charge is 0.345 e. The van der Waals surface area contributed by atoms with Crippen LogP contribution in [0.1, 0.15) is 32.1 Å². The molecule has 1 fully saturated rings. The van der Waals surface area contributed by atoms with Crippen LogP contribution in [0.5, 0.6) is 0 Å². The molecular weight excluding hydrogens is 245 g/mol. The molecule has 0 aromatic carbocycles. The molecule has 106 valence electrons. The van der Waals surface area contributed by atoms with Gasteiger partial charge in [-0.3, -0.25) is 4.79 Å². The Bertz CT molecular complexity index is 263. The van der Waals surface area contributed by atoms with Crippen LogP contribution in [-0.2, 0) is 4.79 Å². The Hall–Kier alpha value is -0.780. The van der Waals surface area contributed by atoms with Crippen LogP contribution in [0, 0.1) is 5.92 Å².